The third kappa shape index (κ3) is 3.67. The van der Waals surface area contributed by atoms with E-state index in [4.69, 9.17) is 4.52 Å². The number of rotatable bonds is 5. The third-order valence-corrected chi connectivity index (χ3v) is 5.25. The van der Waals surface area contributed by atoms with Crippen LogP contribution >= 0.6 is 0 Å². The van der Waals surface area contributed by atoms with Gasteiger partial charge in [-0.15, -0.1) is 0 Å². The van der Waals surface area contributed by atoms with Gasteiger partial charge in [0.1, 0.15) is 30.2 Å². The Bertz CT molecular complexity index is 777. The van der Waals surface area contributed by atoms with Crippen molar-refractivity contribution >= 4 is 38.2 Å². The molecule has 0 spiro atoms. The number of aromatic nitrogens is 1. The number of aliphatic hydroxyl groups excluding tert-OH is 1. The summed E-state index contributed by atoms with van der Waals surface area (Å²) in [6, 6.07) is 1.37. The molecule has 0 saturated carbocycles. The summed E-state index contributed by atoms with van der Waals surface area (Å²) >= 11 is 0. The molecule has 3 heterocycles. The maximum Gasteiger partial charge on any atom is 0.272 e. The van der Waals surface area contributed by atoms with Gasteiger partial charge in [0.15, 0.2) is 0 Å². The van der Waals surface area contributed by atoms with E-state index in [-0.39, 0.29) is 24.3 Å². The lowest BCUT2D eigenvalue weighted by Crippen LogP contribution is -2.51. The van der Waals surface area contributed by atoms with Crippen molar-refractivity contribution in [2.24, 2.45) is 10.9 Å². The Hall–Kier alpha value is -2.09. The molecule has 10 heteroatoms. The SMILES string of the molecule is BBc1cc(C(C(=O)N2C[C@H](O)C[C@H]2C2=NC(=O)C(C)(C)N2)C(C)C)on1. The predicted molar refractivity (Wildman–Crippen MR) is 105 cm³/mol. The smallest absolute Gasteiger partial charge is 0.272 e. The van der Waals surface area contributed by atoms with Crippen LogP contribution in [0.25, 0.3) is 0 Å². The average Bonchev–Trinajstić information content (AvgIpc) is 3.26. The van der Waals surface area contributed by atoms with E-state index in [0.717, 1.165) is 12.8 Å². The van der Waals surface area contributed by atoms with E-state index in [1.54, 1.807) is 18.7 Å². The van der Waals surface area contributed by atoms with Gasteiger partial charge in [-0.2, -0.15) is 4.99 Å². The second-order valence-corrected chi connectivity index (χ2v) is 8.24. The lowest BCUT2D eigenvalue weighted by Gasteiger charge is -2.30. The minimum Gasteiger partial charge on any atom is -0.391 e. The second kappa shape index (κ2) is 7.14. The zero-order valence-corrected chi connectivity index (χ0v) is 16.5. The van der Waals surface area contributed by atoms with Gasteiger partial charge in [-0.1, -0.05) is 19.0 Å². The summed E-state index contributed by atoms with van der Waals surface area (Å²) in [7, 11) is 2.70. The zero-order valence-electron chi connectivity index (χ0n) is 16.5. The Kier molecular flexibility index (Phi) is 5.20. The summed E-state index contributed by atoms with van der Waals surface area (Å²) < 4.78 is 5.44. The van der Waals surface area contributed by atoms with E-state index in [0.29, 0.717) is 18.0 Å². The normalized spacial score (nSPS) is 25.5. The summed E-state index contributed by atoms with van der Waals surface area (Å²) in [5.41, 5.74) is 0.00588. The second-order valence-electron chi connectivity index (χ2n) is 8.24. The number of amidine groups is 1. The number of nitrogens with one attached hydrogen (secondary N) is 1. The van der Waals surface area contributed by atoms with Gasteiger partial charge in [0.05, 0.1) is 19.9 Å². The minimum absolute atomic E-state index is 0.00917. The lowest BCUT2D eigenvalue weighted by molar-refractivity contribution is -0.134. The lowest BCUT2D eigenvalue weighted by atomic mass is 9.53. The molecular formula is C17H26B2N4O4. The fourth-order valence-corrected chi connectivity index (χ4v) is 3.68. The van der Waals surface area contributed by atoms with Crippen LogP contribution in [-0.2, 0) is 9.59 Å². The molecule has 27 heavy (non-hydrogen) atoms. The van der Waals surface area contributed by atoms with Crippen LogP contribution in [0.5, 0.6) is 0 Å². The van der Waals surface area contributed by atoms with Crippen molar-refractivity contribution in [3.05, 3.63) is 11.8 Å². The number of carbonyl (C=O) groups excluding carboxylic acids is 2. The highest BCUT2D eigenvalue weighted by Gasteiger charge is 2.46. The highest BCUT2D eigenvalue weighted by Crippen LogP contribution is 2.31. The molecule has 0 aromatic carbocycles. The van der Waals surface area contributed by atoms with Gasteiger partial charge in [0, 0.05) is 18.6 Å². The van der Waals surface area contributed by atoms with Gasteiger partial charge < -0.3 is 19.8 Å². The maximum atomic E-state index is 13.4. The summed E-state index contributed by atoms with van der Waals surface area (Å²) in [6.45, 7) is 7.62. The van der Waals surface area contributed by atoms with E-state index in [2.05, 4.69) is 15.5 Å². The first-order valence-corrected chi connectivity index (χ1v) is 9.49. The highest BCUT2D eigenvalue weighted by molar-refractivity contribution is 6.97. The van der Waals surface area contributed by atoms with Crippen LogP contribution in [0, 0.1) is 5.92 Å². The molecule has 1 aromatic heterocycles. The fraction of sp³-hybridized carbons (Fsp3) is 0.647. The Morgan fingerprint density at radius 3 is 2.74 bits per heavy atom. The molecule has 144 valence electrons. The first kappa shape index (κ1) is 19.7. The van der Waals surface area contributed by atoms with Crippen LogP contribution in [0.2, 0.25) is 0 Å². The molecule has 1 aromatic rings. The molecule has 2 aliphatic heterocycles. The minimum atomic E-state index is -0.796. The zero-order chi connectivity index (χ0) is 19.9. The number of aliphatic imine (C=N–C) groups is 1. The van der Waals surface area contributed by atoms with Crippen molar-refractivity contribution < 1.29 is 19.2 Å². The molecule has 2 N–H and O–H groups in total. The molecule has 1 saturated heterocycles. The molecule has 0 bridgehead atoms. The highest BCUT2D eigenvalue weighted by atomic mass is 16.5. The first-order chi connectivity index (χ1) is 12.6. The Morgan fingerprint density at radius 1 is 1.52 bits per heavy atom. The van der Waals surface area contributed by atoms with Gasteiger partial charge in [-0.3, -0.25) is 9.59 Å². The van der Waals surface area contributed by atoms with E-state index in [1.807, 2.05) is 27.7 Å². The molecule has 2 aliphatic rings. The number of hydrogen-bond donors (Lipinski definition) is 2. The van der Waals surface area contributed by atoms with Crippen molar-refractivity contribution in [1.29, 1.82) is 0 Å². The fourth-order valence-electron chi connectivity index (χ4n) is 3.68. The number of β-amino-alcohol motifs (C(OH)–C–C–N with tert-alkyl or cyclic N) is 1. The topological polar surface area (TPSA) is 108 Å². The molecule has 3 atom stereocenters. The summed E-state index contributed by atoms with van der Waals surface area (Å²) in [4.78, 5) is 31.2. The molecule has 2 amide bonds. The van der Waals surface area contributed by atoms with E-state index >= 15 is 0 Å². The Balaban J connectivity index is 1.88. The monoisotopic (exact) mass is 372 g/mol. The van der Waals surface area contributed by atoms with Gasteiger partial charge >= 0.3 is 0 Å². The van der Waals surface area contributed by atoms with E-state index in [9.17, 15) is 14.7 Å². The molecular weight excluding hydrogens is 346 g/mol. The Morgan fingerprint density at radius 2 is 2.22 bits per heavy atom. The van der Waals surface area contributed by atoms with Gasteiger partial charge in [0.25, 0.3) is 5.91 Å². The van der Waals surface area contributed by atoms with Crippen LogP contribution in [0.15, 0.2) is 15.6 Å². The van der Waals surface area contributed by atoms with Crippen LogP contribution in [0.3, 0.4) is 0 Å². The van der Waals surface area contributed by atoms with E-state index in [1.165, 1.54) is 0 Å². The number of aliphatic hydroxyl groups is 1. The quantitative estimate of drug-likeness (QED) is 0.597. The van der Waals surface area contributed by atoms with Crippen LogP contribution in [0.1, 0.15) is 45.8 Å². The number of carbonyl (C=O) groups is 2. The van der Waals surface area contributed by atoms with Crippen LogP contribution in [0.4, 0.5) is 0 Å². The third-order valence-electron chi connectivity index (χ3n) is 5.25. The molecule has 1 unspecified atom stereocenters. The average molecular weight is 372 g/mol. The van der Waals surface area contributed by atoms with Gasteiger partial charge in [0.2, 0.25) is 5.91 Å². The van der Waals surface area contributed by atoms with Crippen molar-refractivity contribution in [3.63, 3.8) is 0 Å². The van der Waals surface area contributed by atoms with Crippen molar-refractivity contribution in [1.82, 2.24) is 15.4 Å². The van der Waals surface area contributed by atoms with Crippen molar-refractivity contribution in [2.45, 2.75) is 57.7 Å². The van der Waals surface area contributed by atoms with Crippen LogP contribution < -0.4 is 10.9 Å². The largest absolute Gasteiger partial charge is 0.391 e. The summed E-state index contributed by atoms with van der Waals surface area (Å²) in [6.07, 6.45) is -0.307. The molecule has 0 aliphatic carbocycles. The standard InChI is InChI=1S/C17H26B2N4O4/c1-8(2)13(11-6-12(19-18)22-27-11)15(25)23-7-9(24)5-10(23)14-20-16(26)17(3,4)21-14/h6,8-10,13,19,24H,5,7,18H2,1-4H3,(H,20,21,26)/t9-,10+,13?/m1/s1. The van der Waals surface area contributed by atoms with Crippen molar-refractivity contribution in [2.75, 3.05) is 6.54 Å². The number of nitrogens with zero attached hydrogens (tertiary/aromatic N) is 3. The number of amides is 2. The molecule has 3 rings (SSSR count). The number of likely N-dealkylation sites (tertiary alicyclic amines) is 1. The van der Waals surface area contributed by atoms with Gasteiger partial charge in [-0.05, 0) is 25.8 Å². The van der Waals surface area contributed by atoms with E-state index < -0.39 is 23.6 Å². The Labute approximate surface area is 160 Å². The number of hydrogen-bond acceptors (Lipinski definition) is 6. The summed E-state index contributed by atoms with van der Waals surface area (Å²) in [5.74, 6) is 0.0527. The predicted octanol–water partition coefficient (Wildman–Crippen LogP) is -1.71. The molecule has 1 fully saturated rings. The molecule has 8 nitrogen and oxygen atoms in total. The van der Waals surface area contributed by atoms with Crippen molar-refractivity contribution in [3.8, 4) is 0 Å². The maximum absolute atomic E-state index is 13.4. The summed E-state index contributed by atoms with van der Waals surface area (Å²) in [5, 5.41) is 17.3. The molecule has 0 radical (unpaired) electrons. The van der Waals surface area contributed by atoms with Crippen LogP contribution in [-0.4, -0.2) is 71.9 Å². The first-order valence-electron chi connectivity index (χ1n) is 9.49. The van der Waals surface area contributed by atoms with Gasteiger partial charge in [-0.25, -0.2) is 0 Å².